The third-order valence-electron chi connectivity index (χ3n) is 5.00. The molecule has 3 aromatic heterocycles. The van der Waals surface area contributed by atoms with E-state index in [4.69, 9.17) is 4.74 Å². The number of aromatic nitrogens is 3. The minimum Gasteiger partial charge on any atom is -0.465 e. The molecule has 0 saturated carbocycles. The van der Waals surface area contributed by atoms with Gasteiger partial charge in [0.05, 0.1) is 7.11 Å². The van der Waals surface area contributed by atoms with Gasteiger partial charge in [0.25, 0.3) is 0 Å². The van der Waals surface area contributed by atoms with Crippen molar-refractivity contribution >= 4 is 44.8 Å². The number of piperazine rings is 1. The van der Waals surface area contributed by atoms with Crippen molar-refractivity contribution < 1.29 is 17.9 Å². The highest BCUT2D eigenvalue weighted by atomic mass is 32.2. The predicted molar refractivity (Wildman–Crippen MR) is 121 cm³/mol. The molecule has 168 valence electrons. The van der Waals surface area contributed by atoms with Gasteiger partial charge < -0.3 is 15.0 Å². The molecule has 32 heavy (non-hydrogen) atoms. The Labute approximate surface area is 189 Å². The van der Waals surface area contributed by atoms with Gasteiger partial charge >= 0.3 is 5.97 Å². The smallest absolute Gasteiger partial charge is 0.349 e. The van der Waals surface area contributed by atoms with Crippen molar-refractivity contribution in [1.82, 2.24) is 19.5 Å². The van der Waals surface area contributed by atoms with E-state index in [9.17, 15) is 13.2 Å². The van der Waals surface area contributed by atoms with Crippen LogP contribution in [0.1, 0.15) is 15.2 Å². The Bertz CT molecular complexity index is 1190. The van der Waals surface area contributed by atoms with E-state index in [2.05, 4.69) is 20.5 Å². The first-order chi connectivity index (χ1) is 15.4. The Morgan fingerprint density at radius 2 is 1.81 bits per heavy atom. The third-order valence-corrected chi connectivity index (χ3v) is 7.96. The molecule has 0 spiro atoms. The lowest BCUT2D eigenvalue weighted by Gasteiger charge is -2.34. The minimum atomic E-state index is -3.79. The summed E-state index contributed by atoms with van der Waals surface area (Å²) in [6.07, 6.45) is 1.77. The Morgan fingerprint density at radius 1 is 1.06 bits per heavy atom. The molecule has 1 saturated heterocycles. The molecule has 4 heterocycles. The number of thiophene rings is 1. The molecule has 3 aromatic rings. The van der Waals surface area contributed by atoms with Crippen LogP contribution in [0.3, 0.4) is 0 Å². The molecule has 0 aromatic carbocycles. The lowest BCUT2D eigenvalue weighted by molar-refractivity contribution is 0.0602. The first kappa shape index (κ1) is 22.1. The van der Waals surface area contributed by atoms with Crippen molar-refractivity contribution in [1.29, 1.82) is 0 Å². The van der Waals surface area contributed by atoms with Crippen LogP contribution in [0.2, 0.25) is 0 Å². The summed E-state index contributed by atoms with van der Waals surface area (Å²) in [5.41, 5.74) is 1.07. The van der Waals surface area contributed by atoms with Crippen LogP contribution in [0, 0.1) is 6.92 Å². The maximum absolute atomic E-state index is 13.0. The fraction of sp³-hybridized carbons (Fsp3) is 0.300. The number of aryl methyl sites for hydroxylation is 1. The standard InChI is InChI=1S/C20H22N6O4S2/c1-14-3-4-16(21-13-14)22-17-5-6-18(24-23-17)25-8-10-26(11-9-25)32(28,29)15-7-12-31-19(15)20(27)30-2/h3-7,12-13H,8-11H2,1-2H3,(H,21,22,23). The summed E-state index contributed by atoms with van der Waals surface area (Å²) in [6.45, 7) is 3.42. The van der Waals surface area contributed by atoms with Crippen LogP contribution in [0.25, 0.3) is 0 Å². The van der Waals surface area contributed by atoms with Gasteiger partial charge in [-0.3, -0.25) is 0 Å². The Balaban J connectivity index is 1.40. The molecule has 0 bridgehead atoms. The van der Waals surface area contributed by atoms with E-state index in [0.717, 1.165) is 16.9 Å². The van der Waals surface area contributed by atoms with Crippen LogP contribution < -0.4 is 10.2 Å². The van der Waals surface area contributed by atoms with Gasteiger partial charge in [0.2, 0.25) is 10.0 Å². The number of hydrogen-bond acceptors (Lipinski definition) is 10. The Kier molecular flexibility index (Phi) is 6.35. The molecule has 1 aliphatic heterocycles. The van der Waals surface area contributed by atoms with Gasteiger partial charge in [-0.2, -0.15) is 4.31 Å². The number of ether oxygens (including phenoxy) is 1. The summed E-state index contributed by atoms with van der Waals surface area (Å²) in [6, 6.07) is 8.90. The van der Waals surface area contributed by atoms with E-state index < -0.39 is 16.0 Å². The van der Waals surface area contributed by atoms with Gasteiger partial charge in [0.1, 0.15) is 15.6 Å². The van der Waals surface area contributed by atoms with E-state index in [0.29, 0.717) is 30.5 Å². The van der Waals surface area contributed by atoms with Gasteiger partial charge in [0.15, 0.2) is 11.6 Å². The number of nitrogens with one attached hydrogen (secondary N) is 1. The highest BCUT2D eigenvalue weighted by Crippen LogP contribution is 2.27. The number of anilines is 3. The van der Waals surface area contributed by atoms with Crippen LogP contribution in [-0.4, -0.2) is 67.2 Å². The number of hydrogen-bond donors (Lipinski definition) is 1. The van der Waals surface area contributed by atoms with Crippen molar-refractivity contribution in [3.05, 3.63) is 52.3 Å². The predicted octanol–water partition coefficient (Wildman–Crippen LogP) is 2.28. The molecule has 1 aliphatic rings. The zero-order valence-corrected chi connectivity index (χ0v) is 19.2. The molecule has 4 rings (SSSR count). The third kappa shape index (κ3) is 4.56. The fourth-order valence-electron chi connectivity index (χ4n) is 3.27. The molecular weight excluding hydrogens is 452 g/mol. The van der Waals surface area contributed by atoms with Crippen LogP contribution in [0.15, 0.2) is 46.8 Å². The number of methoxy groups -OCH3 is 1. The highest BCUT2D eigenvalue weighted by molar-refractivity contribution is 7.89. The van der Waals surface area contributed by atoms with E-state index in [1.807, 2.05) is 30.0 Å². The molecule has 12 heteroatoms. The average molecular weight is 475 g/mol. The normalized spacial score (nSPS) is 14.9. The van der Waals surface area contributed by atoms with Crippen molar-refractivity contribution in [2.45, 2.75) is 11.8 Å². The number of carbonyl (C=O) groups is 1. The van der Waals surface area contributed by atoms with E-state index in [-0.39, 0.29) is 22.9 Å². The van der Waals surface area contributed by atoms with Crippen molar-refractivity contribution in [2.24, 2.45) is 0 Å². The maximum atomic E-state index is 13.0. The molecule has 0 radical (unpaired) electrons. The number of nitrogens with zero attached hydrogens (tertiary/aromatic N) is 5. The number of esters is 1. The van der Waals surface area contributed by atoms with Crippen molar-refractivity contribution in [3.63, 3.8) is 0 Å². The monoisotopic (exact) mass is 474 g/mol. The van der Waals surface area contributed by atoms with Crippen LogP contribution in [0.4, 0.5) is 17.5 Å². The number of rotatable bonds is 6. The van der Waals surface area contributed by atoms with Crippen LogP contribution in [-0.2, 0) is 14.8 Å². The number of sulfonamides is 1. The first-order valence-corrected chi connectivity index (χ1v) is 12.1. The molecule has 10 nitrogen and oxygen atoms in total. The molecular formula is C20H22N6O4S2. The van der Waals surface area contributed by atoms with Gasteiger partial charge in [0, 0.05) is 32.4 Å². The lowest BCUT2D eigenvalue weighted by Crippen LogP contribution is -2.49. The second kappa shape index (κ2) is 9.18. The van der Waals surface area contributed by atoms with Crippen molar-refractivity contribution in [2.75, 3.05) is 43.5 Å². The summed E-state index contributed by atoms with van der Waals surface area (Å²) in [5.74, 6) is 1.26. The summed E-state index contributed by atoms with van der Waals surface area (Å²) < 4.78 is 32.2. The molecule has 0 amide bonds. The van der Waals surface area contributed by atoms with Crippen LogP contribution >= 0.6 is 11.3 Å². The van der Waals surface area contributed by atoms with E-state index in [1.54, 1.807) is 17.6 Å². The average Bonchev–Trinajstić information content (AvgIpc) is 3.32. The molecule has 0 atom stereocenters. The molecule has 1 fully saturated rings. The maximum Gasteiger partial charge on any atom is 0.349 e. The van der Waals surface area contributed by atoms with E-state index in [1.165, 1.54) is 17.5 Å². The SMILES string of the molecule is COC(=O)c1sccc1S(=O)(=O)N1CCN(c2ccc(Nc3ccc(C)cn3)nn2)CC1. The fourth-order valence-corrected chi connectivity index (χ4v) is 6.00. The summed E-state index contributed by atoms with van der Waals surface area (Å²) >= 11 is 1.05. The summed E-state index contributed by atoms with van der Waals surface area (Å²) in [4.78, 5) is 18.2. The largest absolute Gasteiger partial charge is 0.465 e. The van der Waals surface area contributed by atoms with Crippen molar-refractivity contribution in [3.8, 4) is 0 Å². The number of pyridine rings is 1. The van der Waals surface area contributed by atoms with Gasteiger partial charge in [-0.15, -0.1) is 21.5 Å². The number of carbonyl (C=O) groups excluding carboxylic acids is 1. The highest BCUT2D eigenvalue weighted by Gasteiger charge is 2.33. The van der Waals surface area contributed by atoms with Crippen LogP contribution in [0.5, 0.6) is 0 Å². The summed E-state index contributed by atoms with van der Waals surface area (Å²) in [5, 5.41) is 13.1. The lowest BCUT2D eigenvalue weighted by atomic mass is 10.3. The zero-order valence-electron chi connectivity index (χ0n) is 17.6. The van der Waals surface area contributed by atoms with E-state index >= 15 is 0 Å². The molecule has 1 N–H and O–H groups in total. The van der Waals surface area contributed by atoms with Gasteiger partial charge in [-0.05, 0) is 42.1 Å². The quantitative estimate of drug-likeness (QED) is 0.537. The Morgan fingerprint density at radius 3 is 2.44 bits per heavy atom. The topological polar surface area (TPSA) is 118 Å². The van der Waals surface area contributed by atoms with Gasteiger partial charge in [-0.1, -0.05) is 6.07 Å². The molecule has 0 aliphatic carbocycles. The zero-order chi connectivity index (χ0) is 22.7. The first-order valence-electron chi connectivity index (χ1n) is 9.83. The van der Waals surface area contributed by atoms with Gasteiger partial charge in [-0.25, -0.2) is 18.2 Å². The minimum absolute atomic E-state index is 0.0114. The summed E-state index contributed by atoms with van der Waals surface area (Å²) in [7, 11) is -2.56. The Hall–Kier alpha value is -3.09. The second-order valence-electron chi connectivity index (χ2n) is 7.12. The second-order valence-corrected chi connectivity index (χ2v) is 9.94. The molecule has 0 unspecified atom stereocenters.